The smallest absolute Gasteiger partial charge is 0.266 e. The van der Waals surface area contributed by atoms with Gasteiger partial charge in [0, 0.05) is 47.0 Å². The van der Waals surface area contributed by atoms with E-state index in [2.05, 4.69) is 98.6 Å². The maximum absolute atomic E-state index is 5.03. The van der Waals surface area contributed by atoms with Crippen LogP contribution in [0, 0.1) is 18.2 Å². The Bertz CT molecular complexity index is 1510. The average molecular weight is 715 g/mol. The molecular weight excluding hydrogens is 683 g/mol. The van der Waals surface area contributed by atoms with Crippen molar-refractivity contribution < 1.29 is 20.1 Å². The number of benzene rings is 3. The van der Waals surface area contributed by atoms with Gasteiger partial charge in [0.15, 0.2) is 0 Å². The molecule has 0 aliphatic heterocycles. The monoisotopic (exact) mass is 715 g/mol. The third kappa shape index (κ3) is 6.79. The minimum Gasteiger partial charge on any atom is -0.266 e. The Morgan fingerprint density at radius 2 is 1.02 bits per heavy atom. The van der Waals surface area contributed by atoms with Crippen molar-refractivity contribution in [3.63, 3.8) is 0 Å². The van der Waals surface area contributed by atoms with Crippen LogP contribution in [0.1, 0.15) is 50.2 Å². The molecular formula is C35H32IrN5. The summed E-state index contributed by atoms with van der Waals surface area (Å²) in [6.45, 7) is 8.80. The van der Waals surface area contributed by atoms with E-state index >= 15 is 0 Å². The molecule has 206 valence electrons. The fourth-order valence-corrected chi connectivity index (χ4v) is 4.51. The van der Waals surface area contributed by atoms with Gasteiger partial charge in [-0.3, -0.25) is 14.3 Å². The second-order valence-corrected chi connectivity index (χ2v) is 10.5. The minimum atomic E-state index is -0.187. The van der Waals surface area contributed by atoms with Gasteiger partial charge in [-0.15, -0.1) is 18.2 Å². The van der Waals surface area contributed by atoms with Crippen LogP contribution in [0.25, 0.3) is 11.4 Å². The minimum absolute atomic E-state index is 0. The molecule has 0 aliphatic carbocycles. The number of hydrogen-bond acceptors (Lipinski definition) is 3. The molecule has 0 unspecified atom stereocenters. The molecule has 0 radical (unpaired) electrons. The van der Waals surface area contributed by atoms with Crippen molar-refractivity contribution in [1.29, 1.82) is 0 Å². The quantitative estimate of drug-likeness (QED) is 0.172. The molecule has 3 heterocycles. The van der Waals surface area contributed by atoms with Crippen LogP contribution in [0.2, 0.25) is 0 Å². The van der Waals surface area contributed by atoms with Crippen molar-refractivity contribution in [3.05, 3.63) is 163 Å². The molecule has 0 amide bonds. The van der Waals surface area contributed by atoms with E-state index in [0.717, 1.165) is 33.9 Å². The predicted octanol–water partition coefficient (Wildman–Crippen LogP) is 7.19. The molecule has 0 saturated carbocycles. The van der Waals surface area contributed by atoms with Crippen molar-refractivity contribution in [2.75, 3.05) is 0 Å². The summed E-state index contributed by atoms with van der Waals surface area (Å²) in [5.41, 5.74) is 5.85. The van der Waals surface area contributed by atoms with Crippen molar-refractivity contribution >= 4 is 0 Å². The van der Waals surface area contributed by atoms with E-state index < -0.39 is 0 Å². The molecule has 0 atom stereocenters. The van der Waals surface area contributed by atoms with Gasteiger partial charge < -0.3 is 0 Å². The van der Waals surface area contributed by atoms with Gasteiger partial charge in [-0.2, -0.15) is 88.1 Å². The summed E-state index contributed by atoms with van der Waals surface area (Å²) in [6.07, 6.45) is 7.26. The predicted molar refractivity (Wildman–Crippen MR) is 159 cm³/mol. The Hall–Kier alpha value is -4.12. The van der Waals surface area contributed by atoms with Gasteiger partial charge in [-0.1, -0.05) is 33.8 Å². The molecule has 0 N–H and O–H groups in total. The van der Waals surface area contributed by atoms with E-state index in [-0.39, 0.29) is 30.9 Å². The van der Waals surface area contributed by atoms with E-state index in [4.69, 9.17) is 4.98 Å². The van der Waals surface area contributed by atoms with Gasteiger partial charge in [0.05, 0.1) is 0 Å². The molecule has 6 aromatic rings. The van der Waals surface area contributed by atoms with E-state index in [9.17, 15) is 0 Å². The maximum atomic E-state index is 5.03. The summed E-state index contributed by atoms with van der Waals surface area (Å²) in [5.74, 6) is 0. The fourth-order valence-electron chi connectivity index (χ4n) is 4.51. The van der Waals surface area contributed by atoms with Crippen molar-refractivity contribution in [2.45, 2.75) is 38.5 Å². The first-order chi connectivity index (χ1) is 19.4. The van der Waals surface area contributed by atoms with Crippen molar-refractivity contribution in [1.82, 2.24) is 24.5 Å². The largest absolute Gasteiger partial charge is 3.00 e. The number of rotatable bonds is 6. The second kappa shape index (κ2) is 13.0. The van der Waals surface area contributed by atoms with Gasteiger partial charge in [-0.05, 0) is 35.6 Å². The Morgan fingerprint density at radius 1 is 0.561 bits per heavy atom. The third-order valence-electron chi connectivity index (χ3n) is 7.06. The first kappa shape index (κ1) is 29.9. The van der Waals surface area contributed by atoms with Crippen LogP contribution < -0.4 is 0 Å². The topological polar surface area (TPSA) is 48.5 Å². The summed E-state index contributed by atoms with van der Waals surface area (Å²) in [6, 6.07) is 42.2. The number of hydrogen-bond donors (Lipinski definition) is 0. The standard InChI is InChI=1S/C23H23N.C12H9N4.Ir/c1-22(2,18-12-7-5-8-13-18)20-16-11-17-21(24-20)23(3,4)19-14-9-6-10-15-19;1-4-11(15-8-2-6-13-15)10-12(5-1)16-9-3-7-14-16;/h5-12,14,16-17H,1-4H3;1-9H;/q-2;-1;+3. The number of pyridine rings is 1. The van der Waals surface area contributed by atoms with Crippen molar-refractivity contribution in [2.24, 2.45) is 0 Å². The van der Waals surface area contributed by atoms with E-state index in [1.54, 1.807) is 21.8 Å². The molecule has 41 heavy (non-hydrogen) atoms. The molecule has 0 bridgehead atoms. The Morgan fingerprint density at radius 3 is 1.41 bits per heavy atom. The molecule has 6 heteroatoms. The Labute approximate surface area is 256 Å². The molecule has 3 aromatic carbocycles. The first-order valence-corrected chi connectivity index (χ1v) is 13.3. The zero-order valence-corrected chi connectivity index (χ0v) is 26.0. The third-order valence-corrected chi connectivity index (χ3v) is 7.06. The molecule has 0 saturated heterocycles. The summed E-state index contributed by atoms with van der Waals surface area (Å²) < 4.78 is 3.54. The van der Waals surface area contributed by atoms with E-state index in [0.29, 0.717) is 0 Å². The molecule has 0 spiro atoms. The van der Waals surface area contributed by atoms with E-state index in [1.807, 2.05) is 67.0 Å². The fraction of sp³-hybridized carbons (Fsp3) is 0.171. The van der Waals surface area contributed by atoms with Gasteiger partial charge in [0.25, 0.3) is 0 Å². The molecule has 5 nitrogen and oxygen atoms in total. The number of nitrogens with zero attached hydrogens (tertiary/aromatic N) is 5. The van der Waals surface area contributed by atoms with E-state index in [1.165, 1.54) is 0 Å². The van der Waals surface area contributed by atoms with Gasteiger partial charge >= 0.3 is 20.1 Å². The molecule has 3 aromatic heterocycles. The van der Waals surface area contributed by atoms with Gasteiger partial charge in [0.2, 0.25) is 0 Å². The van der Waals surface area contributed by atoms with Gasteiger partial charge in [-0.25, -0.2) is 0 Å². The first-order valence-electron chi connectivity index (χ1n) is 13.3. The summed E-state index contributed by atoms with van der Waals surface area (Å²) in [7, 11) is 0. The summed E-state index contributed by atoms with van der Waals surface area (Å²) in [4.78, 5) is 5.03. The van der Waals surface area contributed by atoms with Crippen LogP contribution >= 0.6 is 0 Å². The van der Waals surface area contributed by atoms with Crippen molar-refractivity contribution in [3.8, 4) is 11.4 Å². The molecule has 6 rings (SSSR count). The Balaban J connectivity index is 0.000000198. The average Bonchev–Trinajstić information content (AvgIpc) is 3.74. The normalized spacial score (nSPS) is 11.2. The summed E-state index contributed by atoms with van der Waals surface area (Å²) in [5, 5.41) is 8.33. The zero-order chi connectivity index (χ0) is 28.0. The molecule has 0 aliphatic rings. The van der Waals surface area contributed by atoms with Crippen LogP contribution in [0.5, 0.6) is 0 Å². The van der Waals surface area contributed by atoms with Gasteiger partial charge in [0.1, 0.15) is 0 Å². The Kier molecular flexibility index (Phi) is 9.49. The second-order valence-electron chi connectivity index (χ2n) is 10.5. The van der Waals surface area contributed by atoms with Crippen LogP contribution in [0.3, 0.4) is 0 Å². The van der Waals surface area contributed by atoms with Crippen LogP contribution in [-0.2, 0) is 30.9 Å². The molecule has 0 fully saturated rings. The SMILES string of the molecule is CC(C)(c1[c-]cccc1)c1cccc(C(C)(C)c2[c-]cccc2)n1.[Ir+3].[c-]1c(-n2cccn2)cccc1-n1cccn1. The number of aromatic nitrogens is 5. The zero-order valence-electron chi connectivity index (χ0n) is 23.6. The van der Waals surface area contributed by atoms with Crippen LogP contribution in [0.4, 0.5) is 0 Å². The van der Waals surface area contributed by atoms with Crippen LogP contribution in [0.15, 0.2) is 122 Å². The summed E-state index contributed by atoms with van der Waals surface area (Å²) >= 11 is 0. The van der Waals surface area contributed by atoms with Crippen LogP contribution in [-0.4, -0.2) is 24.5 Å². The maximum Gasteiger partial charge on any atom is 3.00 e.